The summed E-state index contributed by atoms with van der Waals surface area (Å²) in [7, 11) is -3.46. The van der Waals surface area contributed by atoms with E-state index in [1.54, 1.807) is 24.3 Å². The van der Waals surface area contributed by atoms with Gasteiger partial charge in [-0.15, -0.1) is 0 Å². The fourth-order valence-electron chi connectivity index (χ4n) is 3.61. The van der Waals surface area contributed by atoms with Gasteiger partial charge in [0.2, 0.25) is 15.9 Å². The lowest BCUT2D eigenvalue weighted by Gasteiger charge is -2.22. The van der Waals surface area contributed by atoms with Gasteiger partial charge in [-0.1, -0.05) is 63.4 Å². The summed E-state index contributed by atoms with van der Waals surface area (Å²) in [6, 6.07) is 16.9. The molecule has 2 aromatic rings. The third kappa shape index (κ3) is 9.86. The van der Waals surface area contributed by atoms with Crippen molar-refractivity contribution in [1.82, 2.24) is 5.32 Å². The van der Waals surface area contributed by atoms with Crippen LogP contribution in [-0.4, -0.2) is 33.7 Å². The lowest BCUT2D eigenvalue weighted by Crippen LogP contribution is -2.33. The van der Waals surface area contributed by atoms with E-state index >= 15 is 0 Å². The Morgan fingerprint density at radius 1 is 1.03 bits per heavy atom. The number of carbonyl (C=O) groups is 1. The summed E-state index contributed by atoms with van der Waals surface area (Å²) in [6.07, 6.45) is 6.45. The Morgan fingerprint density at radius 3 is 2.33 bits per heavy atom. The Balaban J connectivity index is 1.86. The monoisotopic (exact) mass is 474 g/mol. The lowest BCUT2D eigenvalue weighted by molar-refractivity contribution is -0.121. The van der Waals surface area contributed by atoms with Crippen molar-refractivity contribution in [3.8, 4) is 5.75 Å². The van der Waals surface area contributed by atoms with E-state index in [2.05, 4.69) is 19.2 Å². The van der Waals surface area contributed by atoms with Crippen LogP contribution in [-0.2, 0) is 21.4 Å². The maximum absolute atomic E-state index is 12.4. The van der Waals surface area contributed by atoms with Gasteiger partial charge in [0.1, 0.15) is 12.4 Å². The largest absolute Gasteiger partial charge is 0.489 e. The molecule has 6 nitrogen and oxygen atoms in total. The molecule has 1 unspecified atom stereocenters. The zero-order chi connectivity index (χ0) is 24.1. The van der Waals surface area contributed by atoms with Crippen molar-refractivity contribution >= 4 is 21.6 Å². The van der Waals surface area contributed by atoms with Gasteiger partial charge in [-0.05, 0) is 48.6 Å². The molecule has 1 N–H and O–H groups in total. The first-order chi connectivity index (χ1) is 15.8. The number of sulfonamides is 1. The standard InChI is InChI=1S/C26H38N2O4S/c1-4-6-11-22(5-2)20-27-26(29)14-10-19-28(33(3,30)31)24-15-17-25(18-16-24)32-21-23-12-8-7-9-13-23/h7-9,12-13,15-18,22H,4-6,10-11,14,19-21H2,1-3H3,(H,27,29). The molecule has 0 aliphatic rings. The fourth-order valence-corrected chi connectivity index (χ4v) is 4.57. The van der Waals surface area contributed by atoms with Crippen molar-refractivity contribution in [2.75, 3.05) is 23.7 Å². The number of nitrogens with zero attached hydrogens (tertiary/aromatic N) is 1. The second-order valence-corrected chi connectivity index (χ2v) is 10.3. The number of rotatable bonds is 15. The summed E-state index contributed by atoms with van der Waals surface area (Å²) in [5.74, 6) is 1.15. The zero-order valence-corrected chi connectivity index (χ0v) is 20.9. The predicted molar refractivity (Wildman–Crippen MR) is 135 cm³/mol. The molecule has 0 radical (unpaired) electrons. The van der Waals surface area contributed by atoms with E-state index in [9.17, 15) is 13.2 Å². The smallest absolute Gasteiger partial charge is 0.232 e. The Hall–Kier alpha value is -2.54. The molecule has 0 aromatic heterocycles. The van der Waals surface area contributed by atoms with Crippen molar-refractivity contribution in [3.63, 3.8) is 0 Å². The van der Waals surface area contributed by atoms with Crippen LogP contribution in [0.1, 0.15) is 57.9 Å². The van der Waals surface area contributed by atoms with Gasteiger partial charge < -0.3 is 10.1 Å². The van der Waals surface area contributed by atoms with Crippen molar-refractivity contribution in [2.45, 2.75) is 59.0 Å². The second kappa shape index (κ2) is 13.9. The SMILES string of the molecule is CCCCC(CC)CNC(=O)CCCN(c1ccc(OCc2ccccc2)cc1)S(C)(=O)=O. The maximum atomic E-state index is 12.4. The first kappa shape index (κ1) is 26.7. The van der Waals surface area contributed by atoms with E-state index in [4.69, 9.17) is 4.74 Å². The lowest BCUT2D eigenvalue weighted by atomic mass is 9.99. The molecule has 0 aliphatic carbocycles. The molecule has 33 heavy (non-hydrogen) atoms. The van der Waals surface area contributed by atoms with Gasteiger partial charge in [-0.2, -0.15) is 0 Å². The first-order valence-electron chi connectivity index (χ1n) is 11.8. The summed E-state index contributed by atoms with van der Waals surface area (Å²) < 4.78 is 31.8. The molecule has 0 spiro atoms. The molecule has 0 aliphatic heterocycles. The number of nitrogens with one attached hydrogen (secondary N) is 1. The van der Waals surface area contributed by atoms with Crippen LogP contribution in [0.3, 0.4) is 0 Å². The minimum absolute atomic E-state index is 0.0249. The normalized spacial score (nSPS) is 12.2. The number of benzene rings is 2. The number of hydrogen-bond acceptors (Lipinski definition) is 4. The molecule has 7 heteroatoms. The van der Waals surface area contributed by atoms with Crippen molar-refractivity contribution in [2.24, 2.45) is 5.92 Å². The minimum atomic E-state index is -3.46. The van der Waals surface area contributed by atoms with Gasteiger partial charge >= 0.3 is 0 Å². The molecule has 1 amide bonds. The first-order valence-corrected chi connectivity index (χ1v) is 13.7. The Kier molecular flexibility index (Phi) is 11.2. The number of carbonyl (C=O) groups excluding carboxylic acids is 1. The van der Waals surface area contributed by atoms with Crippen LogP contribution in [0.5, 0.6) is 5.75 Å². The third-order valence-electron chi connectivity index (χ3n) is 5.67. The summed E-state index contributed by atoms with van der Waals surface area (Å²) in [5.41, 5.74) is 1.63. The van der Waals surface area contributed by atoms with E-state index in [1.807, 2.05) is 30.3 Å². The minimum Gasteiger partial charge on any atom is -0.489 e. The fraction of sp³-hybridized carbons (Fsp3) is 0.500. The quantitative estimate of drug-likeness (QED) is 0.388. The van der Waals surface area contributed by atoms with E-state index in [0.29, 0.717) is 43.3 Å². The molecule has 0 bridgehead atoms. The van der Waals surface area contributed by atoms with Crippen molar-refractivity contribution in [1.29, 1.82) is 0 Å². The Labute approximate surface area is 199 Å². The molecule has 2 rings (SSSR count). The second-order valence-electron chi connectivity index (χ2n) is 8.43. The average Bonchev–Trinajstić information content (AvgIpc) is 2.81. The van der Waals surface area contributed by atoms with Crippen LogP contribution in [0, 0.1) is 5.92 Å². The highest BCUT2D eigenvalue weighted by molar-refractivity contribution is 7.92. The van der Waals surface area contributed by atoms with Gasteiger partial charge in [0.05, 0.1) is 11.9 Å². The van der Waals surface area contributed by atoms with Gasteiger partial charge in [0.15, 0.2) is 0 Å². The average molecular weight is 475 g/mol. The number of anilines is 1. The molecular weight excluding hydrogens is 436 g/mol. The predicted octanol–water partition coefficient (Wildman–Crippen LogP) is 5.14. The highest BCUT2D eigenvalue weighted by Gasteiger charge is 2.18. The molecule has 182 valence electrons. The van der Waals surface area contributed by atoms with E-state index in [0.717, 1.165) is 24.8 Å². The molecule has 0 heterocycles. The van der Waals surface area contributed by atoms with Gasteiger partial charge in [-0.25, -0.2) is 8.42 Å². The number of hydrogen-bond donors (Lipinski definition) is 1. The van der Waals surface area contributed by atoms with Crippen LogP contribution >= 0.6 is 0 Å². The van der Waals surface area contributed by atoms with Crippen molar-refractivity contribution in [3.05, 3.63) is 60.2 Å². The van der Waals surface area contributed by atoms with Crippen LogP contribution in [0.2, 0.25) is 0 Å². The number of ether oxygens (including phenoxy) is 1. The number of unbranched alkanes of at least 4 members (excludes halogenated alkanes) is 1. The molecule has 0 fully saturated rings. The van der Waals surface area contributed by atoms with Crippen LogP contribution in [0.15, 0.2) is 54.6 Å². The topological polar surface area (TPSA) is 75.7 Å². The van der Waals surface area contributed by atoms with E-state index in [-0.39, 0.29) is 12.5 Å². The Morgan fingerprint density at radius 2 is 1.73 bits per heavy atom. The highest BCUT2D eigenvalue weighted by Crippen LogP contribution is 2.23. The molecule has 0 saturated carbocycles. The molecule has 1 atom stereocenters. The maximum Gasteiger partial charge on any atom is 0.232 e. The summed E-state index contributed by atoms with van der Waals surface area (Å²) in [4.78, 5) is 12.2. The summed E-state index contributed by atoms with van der Waals surface area (Å²) in [5, 5.41) is 3.01. The van der Waals surface area contributed by atoms with Gasteiger partial charge in [0.25, 0.3) is 0 Å². The Bertz CT molecular complexity index is 931. The van der Waals surface area contributed by atoms with E-state index < -0.39 is 10.0 Å². The van der Waals surface area contributed by atoms with E-state index in [1.165, 1.54) is 17.0 Å². The van der Waals surface area contributed by atoms with Crippen LogP contribution < -0.4 is 14.4 Å². The molecule has 0 saturated heterocycles. The molecule has 2 aromatic carbocycles. The van der Waals surface area contributed by atoms with Gasteiger partial charge in [-0.3, -0.25) is 9.10 Å². The van der Waals surface area contributed by atoms with Gasteiger partial charge in [0, 0.05) is 19.5 Å². The van der Waals surface area contributed by atoms with Crippen molar-refractivity contribution < 1.29 is 17.9 Å². The van der Waals surface area contributed by atoms with Crippen LogP contribution in [0.4, 0.5) is 5.69 Å². The summed E-state index contributed by atoms with van der Waals surface area (Å²) in [6.45, 7) is 5.71. The highest BCUT2D eigenvalue weighted by atomic mass is 32.2. The molecular formula is C26H38N2O4S. The number of amides is 1. The third-order valence-corrected chi connectivity index (χ3v) is 6.86. The summed E-state index contributed by atoms with van der Waals surface area (Å²) >= 11 is 0. The van der Waals surface area contributed by atoms with Crippen LogP contribution in [0.25, 0.3) is 0 Å². The zero-order valence-electron chi connectivity index (χ0n) is 20.1.